The van der Waals surface area contributed by atoms with Crippen molar-refractivity contribution in [3.05, 3.63) is 11.9 Å². The molecule has 0 radical (unpaired) electrons. The van der Waals surface area contributed by atoms with Crippen LogP contribution in [0.2, 0.25) is 0 Å². The zero-order valence-electron chi connectivity index (χ0n) is 16.9. The van der Waals surface area contributed by atoms with Crippen molar-refractivity contribution < 1.29 is 9.59 Å². The number of hydrogen-bond acceptors (Lipinski definition) is 5. The van der Waals surface area contributed by atoms with Gasteiger partial charge in [-0.15, -0.1) is 0 Å². The summed E-state index contributed by atoms with van der Waals surface area (Å²) in [6.45, 7) is 8.20. The number of amides is 2. The number of hydrazine groups is 1. The first-order valence-electron chi connectivity index (χ1n) is 9.90. The molecule has 0 atom stereocenters. The van der Waals surface area contributed by atoms with Gasteiger partial charge < -0.3 is 21.4 Å². The molecule has 0 aliphatic rings. The van der Waals surface area contributed by atoms with E-state index in [0.717, 1.165) is 51.5 Å². The van der Waals surface area contributed by atoms with E-state index in [1.165, 1.54) is 11.2 Å². The number of nitrogens with zero attached hydrogens (tertiary/aromatic N) is 1. The van der Waals surface area contributed by atoms with Crippen molar-refractivity contribution in [3.8, 4) is 0 Å². The molecule has 7 nitrogen and oxygen atoms in total. The second kappa shape index (κ2) is 15.5. The molecule has 6 N–H and O–H groups in total. The van der Waals surface area contributed by atoms with Gasteiger partial charge in [0.05, 0.1) is 0 Å². The van der Waals surface area contributed by atoms with E-state index in [9.17, 15) is 9.59 Å². The van der Waals surface area contributed by atoms with Crippen LogP contribution in [-0.2, 0) is 9.59 Å². The summed E-state index contributed by atoms with van der Waals surface area (Å²) in [7, 11) is 0. The van der Waals surface area contributed by atoms with E-state index in [4.69, 9.17) is 11.6 Å². The third-order valence-electron chi connectivity index (χ3n) is 3.89. The standard InChI is InChI=1S/C19H39N5O2/c1-4-5-10-13-24(21)15-17(20)19(26)23-12-9-7-6-8-11-22-18(25)14-16(2)3/h15-16H,4-14,20-21H2,1-3H3,(H,22,25)(H,23,26)/b17-15-. The highest BCUT2D eigenvalue weighted by atomic mass is 16.2. The Balaban J connectivity index is 3.68. The molecule has 0 heterocycles. The van der Waals surface area contributed by atoms with Crippen LogP contribution in [-0.4, -0.2) is 36.5 Å². The molecule has 0 aliphatic heterocycles. The second-order valence-electron chi connectivity index (χ2n) is 7.15. The molecule has 0 unspecified atom stereocenters. The fraction of sp³-hybridized carbons (Fsp3) is 0.789. The fourth-order valence-electron chi connectivity index (χ4n) is 2.42. The van der Waals surface area contributed by atoms with E-state index in [1.54, 1.807) is 0 Å². The number of nitrogens with one attached hydrogen (secondary N) is 2. The van der Waals surface area contributed by atoms with Crippen molar-refractivity contribution >= 4 is 11.8 Å². The van der Waals surface area contributed by atoms with Gasteiger partial charge in [-0.25, -0.2) is 5.84 Å². The molecular weight excluding hydrogens is 330 g/mol. The van der Waals surface area contributed by atoms with Gasteiger partial charge in [-0.2, -0.15) is 0 Å². The zero-order chi connectivity index (χ0) is 19.8. The first-order valence-corrected chi connectivity index (χ1v) is 9.90. The number of carbonyl (C=O) groups excluding carboxylic acids is 2. The van der Waals surface area contributed by atoms with Gasteiger partial charge >= 0.3 is 0 Å². The predicted octanol–water partition coefficient (Wildman–Crippen LogP) is 1.99. The van der Waals surface area contributed by atoms with Gasteiger partial charge in [-0.3, -0.25) is 9.59 Å². The minimum absolute atomic E-state index is 0.123. The molecule has 0 aromatic heterocycles. The van der Waals surface area contributed by atoms with Crippen molar-refractivity contribution in [3.63, 3.8) is 0 Å². The molecule has 26 heavy (non-hydrogen) atoms. The summed E-state index contributed by atoms with van der Waals surface area (Å²) in [5.74, 6) is 6.02. The summed E-state index contributed by atoms with van der Waals surface area (Å²) >= 11 is 0. The Kier molecular flexibility index (Phi) is 14.4. The number of carbonyl (C=O) groups is 2. The Labute approximate surface area is 158 Å². The van der Waals surface area contributed by atoms with E-state index in [0.29, 0.717) is 25.4 Å². The maximum Gasteiger partial charge on any atom is 0.268 e. The lowest BCUT2D eigenvalue weighted by molar-refractivity contribution is -0.121. The molecule has 0 bridgehead atoms. The van der Waals surface area contributed by atoms with Crippen molar-refractivity contribution in [2.45, 2.75) is 72.1 Å². The maximum atomic E-state index is 11.9. The second-order valence-corrected chi connectivity index (χ2v) is 7.15. The van der Waals surface area contributed by atoms with Gasteiger partial charge in [0.1, 0.15) is 5.70 Å². The average molecular weight is 370 g/mol. The van der Waals surface area contributed by atoms with Crippen molar-refractivity contribution in [2.75, 3.05) is 19.6 Å². The Morgan fingerprint density at radius 3 is 2.19 bits per heavy atom. The summed E-state index contributed by atoms with van der Waals surface area (Å²) in [4.78, 5) is 23.4. The van der Waals surface area contributed by atoms with E-state index in [-0.39, 0.29) is 17.5 Å². The van der Waals surface area contributed by atoms with E-state index in [1.807, 2.05) is 13.8 Å². The molecule has 0 aromatic carbocycles. The molecule has 0 spiro atoms. The average Bonchev–Trinajstić information content (AvgIpc) is 2.56. The minimum atomic E-state index is -0.281. The van der Waals surface area contributed by atoms with Crippen LogP contribution in [0, 0.1) is 5.92 Å². The highest BCUT2D eigenvalue weighted by Gasteiger charge is 2.06. The largest absolute Gasteiger partial charge is 0.393 e. The van der Waals surface area contributed by atoms with Crippen LogP contribution in [0.5, 0.6) is 0 Å². The Morgan fingerprint density at radius 1 is 1.00 bits per heavy atom. The number of nitrogens with two attached hydrogens (primary N) is 2. The zero-order valence-corrected chi connectivity index (χ0v) is 16.9. The van der Waals surface area contributed by atoms with Gasteiger partial charge in [0.2, 0.25) is 5.91 Å². The van der Waals surface area contributed by atoms with E-state index >= 15 is 0 Å². The van der Waals surface area contributed by atoms with Gasteiger partial charge in [-0.05, 0) is 25.2 Å². The van der Waals surface area contributed by atoms with Crippen LogP contribution in [0.15, 0.2) is 11.9 Å². The summed E-state index contributed by atoms with van der Waals surface area (Å²) in [5.41, 5.74) is 5.89. The normalized spacial score (nSPS) is 11.5. The van der Waals surface area contributed by atoms with Crippen LogP contribution >= 0.6 is 0 Å². The van der Waals surface area contributed by atoms with Crippen LogP contribution in [0.3, 0.4) is 0 Å². The van der Waals surface area contributed by atoms with E-state index < -0.39 is 0 Å². The van der Waals surface area contributed by atoms with Crippen LogP contribution in [0.25, 0.3) is 0 Å². The molecule has 152 valence electrons. The number of hydrogen-bond donors (Lipinski definition) is 4. The van der Waals surface area contributed by atoms with Crippen LogP contribution < -0.4 is 22.2 Å². The summed E-state index contributed by atoms with van der Waals surface area (Å²) in [6, 6.07) is 0. The quantitative estimate of drug-likeness (QED) is 0.153. The molecule has 7 heteroatoms. The minimum Gasteiger partial charge on any atom is -0.393 e. The van der Waals surface area contributed by atoms with E-state index in [2.05, 4.69) is 17.6 Å². The Bertz CT molecular complexity index is 424. The highest BCUT2D eigenvalue weighted by molar-refractivity contribution is 5.92. The lowest BCUT2D eigenvalue weighted by Crippen LogP contribution is -2.33. The molecule has 2 amide bonds. The SMILES string of the molecule is CCCCCN(N)/C=C(\N)C(=O)NCCCCCCNC(=O)CC(C)C. The van der Waals surface area contributed by atoms with Crippen molar-refractivity contribution in [2.24, 2.45) is 17.5 Å². The number of rotatable bonds is 15. The van der Waals surface area contributed by atoms with Crippen LogP contribution in [0.4, 0.5) is 0 Å². The lowest BCUT2D eigenvalue weighted by atomic mass is 10.1. The first kappa shape index (κ1) is 24.2. The third-order valence-corrected chi connectivity index (χ3v) is 3.89. The van der Waals surface area contributed by atoms with Gasteiger partial charge in [-0.1, -0.05) is 46.5 Å². The molecular formula is C19H39N5O2. The Morgan fingerprint density at radius 2 is 1.62 bits per heavy atom. The monoisotopic (exact) mass is 369 g/mol. The summed E-state index contributed by atoms with van der Waals surface area (Å²) in [5, 5.41) is 7.20. The van der Waals surface area contributed by atoms with Crippen LogP contribution in [0.1, 0.15) is 72.1 Å². The smallest absolute Gasteiger partial charge is 0.268 e. The molecule has 0 saturated carbocycles. The molecule has 0 fully saturated rings. The molecule has 0 aromatic rings. The summed E-state index contributed by atoms with van der Waals surface area (Å²) in [6.07, 6.45) is 9.16. The van der Waals surface area contributed by atoms with Gasteiger partial charge in [0.25, 0.3) is 5.91 Å². The molecule has 0 rings (SSSR count). The van der Waals surface area contributed by atoms with Crippen molar-refractivity contribution in [1.29, 1.82) is 0 Å². The highest BCUT2D eigenvalue weighted by Crippen LogP contribution is 2.01. The third kappa shape index (κ3) is 14.6. The topological polar surface area (TPSA) is 113 Å². The summed E-state index contributed by atoms with van der Waals surface area (Å²) < 4.78 is 0. The lowest BCUT2D eigenvalue weighted by Gasteiger charge is -2.14. The van der Waals surface area contributed by atoms with Gasteiger partial charge in [0.15, 0.2) is 0 Å². The molecule has 0 saturated heterocycles. The Hall–Kier alpha value is -1.76. The fourth-order valence-corrected chi connectivity index (χ4v) is 2.42. The first-order chi connectivity index (χ1) is 12.4. The van der Waals surface area contributed by atoms with Gasteiger partial charge in [0, 0.05) is 32.3 Å². The maximum absolute atomic E-state index is 11.9. The predicted molar refractivity (Wildman–Crippen MR) is 107 cm³/mol. The van der Waals surface area contributed by atoms with Crippen molar-refractivity contribution in [1.82, 2.24) is 15.6 Å². The number of unbranched alkanes of at least 4 members (excludes halogenated alkanes) is 5. The molecule has 0 aliphatic carbocycles.